The molecule has 1 atom stereocenters. The van der Waals surface area contributed by atoms with E-state index in [0.29, 0.717) is 93.3 Å². The molecule has 6 heterocycles. The Hall–Kier alpha value is -5.22. The lowest BCUT2D eigenvalue weighted by atomic mass is 9.95. The quantitative estimate of drug-likeness (QED) is 0.300. The lowest BCUT2D eigenvalue weighted by Gasteiger charge is -2.40. The van der Waals surface area contributed by atoms with Crippen molar-refractivity contribution in [2.24, 2.45) is 5.92 Å². The molecule has 5 aliphatic heterocycles. The molecule has 1 aromatic heterocycles. The van der Waals surface area contributed by atoms with Crippen molar-refractivity contribution in [2.75, 3.05) is 74.0 Å². The monoisotopic (exact) mass is 832 g/mol. The van der Waals surface area contributed by atoms with Crippen molar-refractivity contribution >= 4 is 62.6 Å². The molecule has 8 rings (SSSR count). The summed E-state index contributed by atoms with van der Waals surface area (Å²) in [6, 6.07) is 8.34. The fraction of sp³-hybridized carbons (Fsp3) is 0.462. The zero-order chi connectivity index (χ0) is 40.7. The number of hydrogen-bond acceptors (Lipinski definition) is 13. The number of anilines is 3. The number of amides is 4. The summed E-state index contributed by atoms with van der Waals surface area (Å²) in [7, 11) is -3.80. The summed E-state index contributed by atoms with van der Waals surface area (Å²) < 4.78 is 44.5. The van der Waals surface area contributed by atoms with Gasteiger partial charge in [0.15, 0.2) is 0 Å². The molecule has 0 spiro atoms. The van der Waals surface area contributed by atoms with Crippen LogP contribution in [0.4, 0.5) is 21.7 Å². The van der Waals surface area contributed by atoms with Crippen LogP contribution in [0.1, 0.15) is 64.8 Å². The van der Waals surface area contributed by atoms with Gasteiger partial charge in [0.05, 0.1) is 50.4 Å². The molecular weight excluding hydrogens is 791 g/mol. The van der Waals surface area contributed by atoms with Gasteiger partial charge < -0.3 is 15.1 Å². The van der Waals surface area contributed by atoms with E-state index >= 15 is 4.39 Å². The topological polar surface area (TPSA) is 192 Å². The number of nitrogens with zero attached hydrogens (tertiary/aromatic N) is 8. The standard InChI is InChI=1S/C39H42ClFN10O6S/c40-26-21-43-39(44-22-26)45-27-7-11-50(12-8-27)58(56,57)28-2-1-25(20-42)33(17-28)48-9-5-24(6-10-48)23-47-13-15-49(16-14-47)34-19-30-29(18-31(34)41)37(54)51(38(30)55)32-3-4-35(52)46-36(32)53/h1-2,17-19,21-22,24,27,32H,3-16,23H2,(H,43,44,45)(H,46,52,53). The van der Waals surface area contributed by atoms with E-state index in [9.17, 15) is 32.9 Å². The van der Waals surface area contributed by atoms with Crippen LogP contribution in [-0.4, -0.2) is 127 Å². The molecule has 0 bridgehead atoms. The molecule has 2 aromatic carbocycles. The van der Waals surface area contributed by atoms with E-state index in [1.54, 1.807) is 12.1 Å². The van der Waals surface area contributed by atoms with E-state index in [1.165, 1.54) is 28.8 Å². The van der Waals surface area contributed by atoms with Crippen LogP contribution in [0.15, 0.2) is 47.6 Å². The number of nitrogens with one attached hydrogen (secondary N) is 2. The van der Waals surface area contributed by atoms with Gasteiger partial charge in [0.25, 0.3) is 11.8 Å². The van der Waals surface area contributed by atoms with Crippen LogP contribution < -0.4 is 20.4 Å². The third-order valence-electron chi connectivity index (χ3n) is 11.8. The second-order valence-corrected chi connectivity index (χ2v) is 17.7. The van der Waals surface area contributed by atoms with Crippen LogP contribution in [0.3, 0.4) is 0 Å². The highest BCUT2D eigenvalue weighted by Gasteiger charge is 2.45. The Kier molecular flexibility index (Phi) is 11.1. The molecule has 304 valence electrons. The molecule has 4 saturated heterocycles. The summed E-state index contributed by atoms with van der Waals surface area (Å²) in [5, 5.41) is 15.8. The van der Waals surface area contributed by atoms with Crippen molar-refractivity contribution in [1.82, 2.24) is 29.4 Å². The fourth-order valence-corrected chi connectivity index (χ4v) is 10.2. The number of sulfonamides is 1. The number of aromatic nitrogens is 2. The average Bonchev–Trinajstić information content (AvgIpc) is 3.46. The molecule has 4 fully saturated rings. The Bertz CT molecular complexity index is 2290. The first kappa shape index (κ1) is 39.6. The van der Waals surface area contributed by atoms with Gasteiger partial charge in [-0.1, -0.05) is 11.6 Å². The van der Waals surface area contributed by atoms with Crippen molar-refractivity contribution in [3.8, 4) is 6.07 Å². The van der Waals surface area contributed by atoms with Gasteiger partial charge in [-0.2, -0.15) is 9.57 Å². The minimum absolute atomic E-state index is 0.00124. The van der Waals surface area contributed by atoms with Gasteiger partial charge in [-0.3, -0.25) is 34.3 Å². The van der Waals surface area contributed by atoms with Gasteiger partial charge in [-0.05, 0) is 68.4 Å². The second kappa shape index (κ2) is 16.2. The summed E-state index contributed by atoms with van der Waals surface area (Å²) in [5.41, 5.74) is 1.22. The average molecular weight is 833 g/mol. The molecule has 0 saturated carbocycles. The lowest BCUT2D eigenvalue weighted by molar-refractivity contribution is -0.136. The zero-order valence-corrected chi connectivity index (χ0v) is 33.1. The SMILES string of the molecule is N#Cc1ccc(S(=O)(=O)N2CCC(Nc3ncc(Cl)cn3)CC2)cc1N1CCC(CN2CCN(c3cc4c(cc3F)C(=O)N(C3CCC(=O)NC3=O)C4=O)CC2)CC1. The molecule has 5 aliphatic rings. The zero-order valence-electron chi connectivity index (χ0n) is 31.6. The van der Waals surface area contributed by atoms with E-state index in [1.807, 2.05) is 4.90 Å². The maximum absolute atomic E-state index is 15.5. The minimum atomic E-state index is -3.80. The largest absolute Gasteiger partial charge is 0.370 e. The molecule has 0 radical (unpaired) electrons. The highest BCUT2D eigenvalue weighted by Crippen LogP contribution is 2.34. The highest BCUT2D eigenvalue weighted by atomic mass is 35.5. The third kappa shape index (κ3) is 7.83. The minimum Gasteiger partial charge on any atom is -0.370 e. The summed E-state index contributed by atoms with van der Waals surface area (Å²) in [6.45, 7) is 5.14. The van der Waals surface area contributed by atoms with Crippen molar-refractivity contribution in [2.45, 2.75) is 55.5 Å². The normalized spacial score (nSPS) is 21.6. The number of piperidine rings is 3. The van der Waals surface area contributed by atoms with E-state index in [0.717, 1.165) is 30.4 Å². The second-order valence-electron chi connectivity index (χ2n) is 15.4. The van der Waals surface area contributed by atoms with Gasteiger partial charge >= 0.3 is 0 Å². The van der Waals surface area contributed by atoms with Crippen LogP contribution in [0.2, 0.25) is 5.02 Å². The maximum atomic E-state index is 15.5. The van der Waals surface area contributed by atoms with Gasteiger partial charge in [-0.25, -0.2) is 22.8 Å². The fourth-order valence-electron chi connectivity index (χ4n) is 8.60. The van der Waals surface area contributed by atoms with Crippen LogP contribution in [-0.2, 0) is 19.6 Å². The number of halogens is 2. The highest BCUT2D eigenvalue weighted by molar-refractivity contribution is 7.89. The summed E-state index contributed by atoms with van der Waals surface area (Å²) in [4.78, 5) is 66.1. The Morgan fingerprint density at radius 3 is 2.16 bits per heavy atom. The predicted molar refractivity (Wildman–Crippen MR) is 210 cm³/mol. The Labute approximate surface area is 340 Å². The van der Waals surface area contributed by atoms with E-state index in [2.05, 4.69) is 36.5 Å². The van der Waals surface area contributed by atoms with Gasteiger partial charge in [0.2, 0.25) is 27.8 Å². The number of benzene rings is 2. The van der Waals surface area contributed by atoms with Gasteiger partial charge in [0.1, 0.15) is 17.9 Å². The molecule has 0 aliphatic carbocycles. The first-order valence-electron chi connectivity index (χ1n) is 19.5. The molecule has 4 amide bonds. The van der Waals surface area contributed by atoms with Crippen LogP contribution in [0.5, 0.6) is 0 Å². The first-order chi connectivity index (χ1) is 27.9. The van der Waals surface area contributed by atoms with Gasteiger partial charge in [-0.15, -0.1) is 0 Å². The maximum Gasteiger partial charge on any atom is 0.262 e. The summed E-state index contributed by atoms with van der Waals surface area (Å²) in [5.74, 6) is -2.42. The number of hydrogen-bond donors (Lipinski definition) is 2. The van der Waals surface area contributed by atoms with Crippen LogP contribution in [0.25, 0.3) is 0 Å². The lowest BCUT2D eigenvalue weighted by Crippen LogP contribution is -2.54. The summed E-state index contributed by atoms with van der Waals surface area (Å²) >= 11 is 5.88. The van der Waals surface area contributed by atoms with Crippen molar-refractivity contribution in [3.63, 3.8) is 0 Å². The number of nitriles is 1. The van der Waals surface area contributed by atoms with Gasteiger partial charge in [0, 0.05) is 71.4 Å². The Morgan fingerprint density at radius 2 is 1.50 bits per heavy atom. The number of carbonyl (C=O) groups is 4. The number of piperazine rings is 1. The van der Waals surface area contributed by atoms with E-state index in [4.69, 9.17) is 11.6 Å². The van der Waals surface area contributed by atoms with Crippen molar-refractivity contribution in [1.29, 1.82) is 5.26 Å². The third-order valence-corrected chi connectivity index (χ3v) is 13.9. The molecule has 2 N–H and O–H groups in total. The smallest absolute Gasteiger partial charge is 0.262 e. The summed E-state index contributed by atoms with van der Waals surface area (Å²) in [6.07, 6.45) is 5.89. The first-order valence-corrected chi connectivity index (χ1v) is 21.3. The molecular formula is C39H42ClFN10O6S. The molecule has 16 nitrogen and oxygen atoms in total. The molecule has 58 heavy (non-hydrogen) atoms. The number of rotatable bonds is 9. The molecule has 19 heteroatoms. The molecule has 3 aromatic rings. The van der Waals surface area contributed by atoms with E-state index < -0.39 is 45.5 Å². The predicted octanol–water partition coefficient (Wildman–Crippen LogP) is 2.85. The van der Waals surface area contributed by atoms with Crippen molar-refractivity contribution in [3.05, 3.63) is 70.3 Å². The van der Waals surface area contributed by atoms with Crippen molar-refractivity contribution < 1.29 is 32.0 Å². The Morgan fingerprint density at radius 1 is 0.845 bits per heavy atom. The molecule has 1 unspecified atom stereocenters. The Balaban J connectivity index is 0.840. The number of imide groups is 2. The number of carbonyl (C=O) groups excluding carboxylic acids is 4. The number of fused-ring (bicyclic) bond motifs is 1. The van der Waals surface area contributed by atoms with Crippen LogP contribution in [0, 0.1) is 23.1 Å². The van der Waals surface area contributed by atoms with E-state index in [-0.39, 0.29) is 40.6 Å². The van der Waals surface area contributed by atoms with Crippen LogP contribution >= 0.6 is 11.6 Å².